The molecular weight excluding hydrogens is 409 g/mol. The van der Waals surface area contributed by atoms with E-state index >= 15 is 0 Å². The number of ether oxygens (including phenoxy) is 1. The fourth-order valence-electron chi connectivity index (χ4n) is 3.68. The lowest BCUT2D eigenvalue weighted by Crippen LogP contribution is -2.49. The van der Waals surface area contributed by atoms with E-state index < -0.39 is 6.04 Å². The standard InChI is InChI=1S/C19H28ClN3O2.2ClH/c20-17-3-1-15(2-4-17)13-18(21)19(24)23-7-5-16(6-8-23)14-22-9-11-25-12-10-22;;/h1-4,16,18H,5-14,21H2;2*1H/t18-;;/m1../s1. The molecule has 2 aliphatic heterocycles. The number of amides is 1. The molecule has 3 rings (SSSR count). The van der Waals surface area contributed by atoms with Crippen LogP contribution in [0.15, 0.2) is 24.3 Å². The molecule has 0 aliphatic carbocycles. The van der Waals surface area contributed by atoms with Gasteiger partial charge in [0.25, 0.3) is 0 Å². The molecule has 2 N–H and O–H groups in total. The zero-order valence-electron chi connectivity index (χ0n) is 15.5. The summed E-state index contributed by atoms with van der Waals surface area (Å²) in [6.07, 6.45) is 2.69. The molecule has 8 heteroatoms. The predicted molar refractivity (Wildman–Crippen MR) is 114 cm³/mol. The normalized spacial score (nSPS) is 19.7. The number of halogens is 3. The minimum absolute atomic E-state index is 0. The van der Waals surface area contributed by atoms with Crippen LogP contribution in [0.4, 0.5) is 0 Å². The number of carbonyl (C=O) groups excluding carboxylic acids is 1. The van der Waals surface area contributed by atoms with E-state index in [9.17, 15) is 4.79 Å². The average molecular weight is 439 g/mol. The Kier molecular flexibility index (Phi) is 11.0. The molecule has 2 aliphatic rings. The maximum Gasteiger partial charge on any atom is 0.239 e. The molecule has 0 bridgehead atoms. The van der Waals surface area contributed by atoms with Gasteiger partial charge in [-0.25, -0.2) is 0 Å². The molecule has 2 saturated heterocycles. The van der Waals surface area contributed by atoms with Crippen molar-refractivity contribution in [2.45, 2.75) is 25.3 Å². The fraction of sp³-hybridized carbons (Fsp3) is 0.632. The van der Waals surface area contributed by atoms with Gasteiger partial charge >= 0.3 is 0 Å². The lowest BCUT2D eigenvalue weighted by Gasteiger charge is -2.36. The Morgan fingerprint density at radius 2 is 1.70 bits per heavy atom. The number of nitrogens with zero attached hydrogens (tertiary/aromatic N) is 2. The first kappa shape index (κ1) is 24.5. The van der Waals surface area contributed by atoms with E-state index in [1.54, 1.807) is 0 Å². The van der Waals surface area contributed by atoms with Crippen molar-refractivity contribution in [3.63, 3.8) is 0 Å². The molecule has 0 radical (unpaired) electrons. The van der Waals surface area contributed by atoms with Gasteiger partial charge in [-0.15, -0.1) is 24.8 Å². The SMILES string of the molecule is Cl.Cl.N[C@H](Cc1ccc(Cl)cc1)C(=O)N1CCC(CN2CCOCC2)CC1. The number of rotatable bonds is 5. The summed E-state index contributed by atoms with van der Waals surface area (Å²) in [6, 6.07) is 7.07. The molecule has 27 heavy (non-hydrogen) atoms. The Morgan fingerprint density at radius 1 is 1.11 bits per heavy atom. The number of likely N-dealkylation sites (tertiary alicyclic amines) is 1. The number of nitrogens with two attached hydrogens (primary N) is 1. The summed E-state index contributed by atoms with van der Waals surface area (Å²) < 4.78 is 5.40. The molecule has 154 valence electrons. The zero-order valence-corrected chi connectivity index (χ0v) is 17.9. The van der Waals surface area contributed by atoms with Gasteiger partial charge in [0.15, 0.2) is 0 Å². The van der Waals surface area contributed by atoms with Crippen molar-refractivity contribution in [3.05, 3.63) is 34.9 Å². The van der Waals surface area contributed by atoms with Crippen molar-refractivity contribution >= 4 is 42.3 Å². The van der Waals surface area contributed by atoms with Gasteiger partial charge in [-0.1, -0.05) is 23.7 Å². The van der Waals surface area contributed by atoms with Crippen LogP contribution >= 0.6 is 36.4 Å². The molecule has 2 fully saturated rings. The second kappa shape index (κ2) is 12.1. The molecule has 5 nitrogen and oxygen atoms in total. The lowest BCUT2D eigenvalue weighted by molar-refractivity contribution is -0.134. The molecule has 0 aromatic heterocycles. The van der Waals surface area contributed by atoms with Crippen LogP contribution in [0.3, 0.4) is 0 Å². The smallest absolute Gasteiger partial charge is 0.239 e. The second-order valence-electron chi connectivity index (χ2n) is 7.12. The van der Waals surface area contributed by atoms with E-state index in [1.807, 2.05) is 29.2 Å². The third kappa shape index (κ3) is 7.41. The highest BCUT2D eigenvalue weighted by Gasteiger charge is 2.27. The molecule has 0 spiro atoms. The van der Waals surface area contributed by atoms with Crippen molar-refractivity contribution in [1.82, 2.24) is 9.80 Å². The van der Waals surface area contributed by atoms with Crippen molar-refractivity contribution in [2.24, 2.45) is 11.7 Å². The molecule has 1 atom stereocenters. The fourth-order valence-corrected chi connectivity index (χ4v) is 3.81. The van der Waals surface area contributed by atoms with E-state index in [0.717, 1.165) is 64.3 Å². The first-order valence-corrected chi connectivity index (χ1v) is 9.58. The molecule has 2 heterocycles. The third-order valence-electron chi connectivity index (χ3n) is 5.23. The van der Waals surface area contributed by atoms with Crippen LogP contribution in [0.2, 0.25) is 5.02 Å². The number of morpholine rings is 1. The highest BCUT2D eigenvalue weighted by atomic mass is 35.5. The van der Waals surface area contributed by atoms with Crippen molar-refractivity contribution in [1.29, 1.82) is 0 Å². The molecule has 0 unspecified atom stereocenters. The number of carbonyl (C=O) groups is 1. The van der Waals surface area contributed by atoms with Crippen LogP contribution in [0.25, 0.3) is 0 Å². The summed E-state index contributed by atoms with van der Waals surface area (Å²) in [4.78, 5) is 17.0. The number of hydrogen-bond donors (Lipinski definition) is 1. The van der Waals surface area contributed by atoms with E-state index in [2.05, 4.69) is 4.90 Å². The van der Waals surface area contributed by atoms with Gasteiger partial charge < -0.3 is 15.4 Å². The van der Waals surface area contributed by atoms with Crippen LogP contribution in [-0.2, 0) is 16.0 Å². The predicted octanol–water partition coefficient (Wildman–Crippen LogP) is 2.62. The summed E-state index contributed by atoms with van der Waals surface area (Å²) in [5.41, 5.74) is 7.20. The van der Waals surface area contributed by atoms with Crippen LogP contribution in [0, 0.1) is 5.92 Å². The van der Waals surface area contributed by atoms with Crippen LogP contribution < -0.4 is 5.73 Å². The maximum absolute atomic E-state index is 12.6. The van der Waals surface area contributed by atoms with Crippen LogP contribution in [0.1, 0.15) is 18.4 Å². The number of hydrogen-bond acceptors (Lipinski definition) is 4. The van der Waals surface area contributed by atoms with Crippen LogP contribution in [0.5, 0.6) is 0 Å². The molecule has 0 saturated carbocycles. The summed E-state index contributed by atoms with van der Waals surface area (Å²) in [6.45, 7) is 6.52. The summed E-state index contributed by atoms with van der Waals surface area (Å²) in [5, 5.41) is 0.700. The summed E-state index contributed by atoms with van der Waals surface area (Å²) in [5.74, 6) is 0.745. The molecule has 1 amide bonds. The van der Waals surface area contributed by atoms with E-state index in [4.69, 9.17) is 22.1 Å². The van der Waals surface area contributed by atoms with Gasteiger partial charge in [0.2, 0.25) is 5.91 Å². The van der Waals surface area contributed by atoms with Crippen LogP contribution in [-0.4, -0.2) is 67.7 Å². The summed E-state index contributed by atoms with van der Waals surface area (Å²) in [7, 11) is 0. The highest BCUT2D eigenvalue weighted by Crippen LogP contribution is 2.20. The molecular formula is C19H30Cl3N3O2. The van der Waals surface area contributed by atoms with E-state index in [1.165, 1.54) is 0 Å². The first-order chi connectivity index (χ1) is 12.1. The zero-order chi connectivity index (χ0) is 17.6. The van der Waals surface area contributed by atoms with E-state index in [0.29, 0.717) is 17.4 Å². The Hall–Kier alpha value is -0.560. The lowest BCUT2D eigenvalue weighted by atomic mass is 9.95. The molecule has 1 aromatic rings. The Bertz CT molecular complexity index is 560. The van der Waals surface area contributed by atoms with Crippen molar-refractivity contribution in [3.8, 4) is 0 Å². The van der Waals surface area contributed by atoms with Gasteiger partial charge in [0, 0.05) is 37.7 Å². The quantitative estimate of drug-likeness (QED) is 0.768. The highest BCUT2D eigenvalue weighted by molar-refractivity contribution is 6.30. The van der Waals surface area contributed by atoms with Crippen molar-refractivity contribution < 1.29 is 9.53 Å². The topological polar surface area (TPSA) is 58.8 Å². The minimum atomic E-state index is -0.475. The Labute approximate surface area is 179 Å². The van der Waals surface area contributed by atoms with Gasteiger partial charge in [-0.3, -0.25) is 9.69 Å². The Balaban J connectivity index is 0.00000182. The average Bonchev–Trinajstić information content (AvgIpc) is 2.64. The maximum atomic E-state index is 12.6. The van der Waals surface area contributed by atoms with Gasteiger partial charge in [-0.2, -0.15) is 0 Å². The third-order valence-corrected chi connectivity index (χ3v) is 5.48. The largest absolute Gasteiger partial charge is 0.379 e. The second-order valence-corrected chi connectivity index (χ2v) is 7.56. The number of piperidine rings is 1. The minimum Gasteiger partial charge on any atom is -0.379 e. The molecule has 1 aromatic carbocycles. The monoisotopic (exact) mass is 437 g/mol. The van der Waals surface area contributed by atoms with Gasteiger partial charge in [-0.05, 0) is 42.9 Å². The van der Waals surface area contributed by atoms with Gasteiger partial charge in [0.05, 0.1) is 19.3 Å². The van der Waals surface area contributed by atoms with Crippen molar-refractivity contribution in [2.75, 3.05) is 45.9 Å². The first-order valence-electron chi connectivity index (χ1n) is 9.21. The number of benzene rings is 1. The Morgan fingerprint density at radius 3 is 2.30 bits per heavy atom. The van der Waals surface area contributed by atoms with Gasteiger partial charge in [0.1, 0.15) is 0 Å². The summed E-state index contributed by atoms with van der Waals surface area (Å²) >= 11 is 5.90. The van der Waals surface area contributed by atoms with E-state index in [-0.39, 0.29) is 30.7 Å².